The first-order valence-corrected chi connectivity index (χ1v) is 11.2. The molecule has 0 bridgehead atoms. The number of hydrogen-bond donors (Lipinski definition) is 1. The molecule has 4 rings (SSSR count). The van der Waals surface area contributed by atoms with Crippen molar-refractivity contribution in [1.29, 1.82) is 0 Å². The zero-order valence-electron chi connectivity index (χ0n) is 19.6. The summed E-state index contributed by atoms with van der Waals surface area (Å²) in [6.07, 6.45) is 3.31. The van der Waals surface area contributed by atoms with Crippen LogP contribution in [0.5, 0.6) is 0 Å². The number of aryl methyl sites for hydroxylation is 2. The van der Waals surface area contributed by atoms with Gasteiger partial charge in [0.05, 0.1) is 30.6 Å². The molecule has 35 heavy (non-hydrogen) atoms. The monoisotopic (exact) mass is 498 g/mol. The maximum atomic E-state index is 13.1. The number of carbonyl (C=O) groups excluding carboxylic acids is 1. The van der Waals surface area contributed by atoms with E-state index in [4.69, 9.17) is 19.4 Å². The molecule has 2 saturated heterocycles. The summed E-state index contributed by atoms with van der Waals surface area (Å²) < 4.78 is 45.7. The highest BCUT2D eigenvalue weighted by atomic mass is 19.4. The SMILES string of the molecule is Cc1nn(C)cc1C(=O)N1CCC2OCCCC2(COCc2ccncc2)C1.O=C(O)C(F)(F)F. The number of aliphatic carboxylic acids is 1. The topological polar surface area (TPSA) is 107 Å². The molecule has 2 aromatic rings. The number of carboxylic acid groups (broad SMARTS) is 1. The minimum absolute atomic E-state index is 0.0585. The Hall–Kier alpha value is -2.99. The molecule has 2 unspecified atom stereocenters. The van der Waals surface area contributed by atoms with Gasteiger partial charge in [0.15, 0.2) is 0 Å². The van der Waals surface area contributed by atoms with Crippen LogP contribution >= 0.6 is 0 Å². The van der Waals surface area contributed by atoms with Gasteiger partial charge in [-0.05, 0) is 43.9 Å². The first kappa shape index (κ1) is 26.6. The number of halogens is 3. The minimum Gasteiger partial charge on any atom is -0.475 e. The van der Waals surface area contributed by atoms with Crippen LogP contribution in [0.4, 0.5) is 13.2 Å². The molecule has 0 saturated carbocycles. The fourth-order valence-electron chi connectivity index (χ4n) is 4.51. The maximum Gasteiger partial charge on any atom is 0.490 e. The molecule has 2 aromatic heterocycles. The Bertz CT molecular complexity index is 1010. The lowest BCUT2D eigenvalue weighted by Gasteiger charge is -2.50. The molecule has 0 aromatic carbocycles. The van der Waals surface area contributed by atoms with Gasteiger partial charge in [0, 0.05) is 50.7 Å². The number of aromatic nitrogens is 3. The van der Waals surface area contributed by atoms with Crippen molar-refractivity contribution in [2.24, 2.45) is 12.5 Å². The van der Waals surface area contributed by atoms with E-state index in [2.05, 4.69) is 10.1 Å². The number of pyridine rings is 1. The zero-order chi connectivity index (χ0) is 25.6. The standard InChI is InChI=1S/C21H28N4O3.C2HF3O2/c1-16-18(12-24(2)23-16)20(26)25-10-6-19-21(14-25,7-3-11-28-19)15-27-13-17-4-8-22-9-5-17;3-2(4,5)1(6)7/h4-5,8-9,12,19H,3,6-7,10-11,13-15H2,1-2H3;(H,6,7). The highest BCUT2D eigenvalue weighted by Gasteiger charge is 2.47. The molecule has 9 nitrogen and oxygen atoms in total. The minimum atomic E-state index is -5.08. The molecule has 4 heterocycles. The van der Waals surface area contributed by atoms with Crippen LogP contribution in [0.3, 0.4) is 0 Å². The van der Waals surface area contributed by atoms with E-state index in [-0.39, 0.29) is 17.4 Å². The van der Waals surface area contributed by atoms with Crippen LogP contribution in [0.15, 0.2) is 30.7 Å². The summed E-state index contributed by atoms with van der Waals surface area (Å²) in [7, 11) is 1.85. The fraction of sp³-hybridized carbons (Fsp3) is 0.565. The average molecular weight is 499 g/mol. The molecular weight excluding hydrogens is 469 g/mol. The van der Waals surface area contributed by atoms with Crippen LogP contribution in [0.2, 0.25) is 0 Å². The molecule has 192 valence electrons. The summed E-state index contributed by atoms with van der Waals surface area (Å²) in [4.78, 5) is 28.0. The van der Waals surface area contributed by atoms with E-state index in [1.54, 1.807) is 17.1 Å². The molecule has 12 heteroatoms. The lowest BCUT2D eigenvalue weighted by molar-refractivity contribution is -0.192. The van der Waals surface area contributed by atoms with Crippen molar-refractivity contribution in [3.63, 3.8) is 0 Å². The molecule has 2 atom stereocenters. The average Bonchev–Trinajstić information content (AvgIpc) is 3.16. The Morgan fingerprint density at radius 1 is 1.31 bits per heavy atom. The largest absolute Gasteiger partial charge is 0.490 e. The number of nitrogens with zero attached hydrogens (tertiary/aromatic N) is 4. The van der Waals surface area contributed by atoms with Crippen molar-refractivity contribution in [2.45, 2.75) is 45.1 Å². The van der Waals surface area contributed by atoms with Gasteiger partial charge in [-0.25, -0.2) is 4.79 Å². The summed E-state index contributed by atoms with van der Waals surface area (Å²) in [5.74, 6) is -2.70. The molecule has 2 aliphatic rings. The van der Waals surface area contributed by atoms with Crippen LogP contribution in [-0.4, -0.2) is 75.2 Å². The normalized spacial score (nSPS) is 22.1. The highest BCUT2D eigenvalue weighted by molar-refractivity contribution is 5.95. The number of hydrogen-bond acceptors (Lipinski definition) is 6. The second kappa shape index (κ2) is 11.2. The Kier molecular flexibility index (Phi) is 8.49. The van der Waals surface area contributed by atoms with E-state index < -0.39 is 12.1 Å². The summed E-state index contributed by atoms with van der Waals surface area (Å²) in [5.41, 5.74) is 2.42. The van der Waals surface area contributed by atoms with Gasteiger partial charge in [0.1, 0.15) is 0 Å². The number of alkyl halides is 3. The van der Waals surface area contributed by atoms with Crippen LogP contribution < -0.4 is 0 Å². The smallest absolute Gasteiger partial charge is 0.475 e. The van der Waals surface area contributed by atoms with Gasteiger partial charge in [-0.2, -0.15) is 18.3 Å². The first-order valence-electron chi connectivity index (χ1n) is 11.2. The summed E-state index contributed by atoms with van der Waals surface area (Å²) in [6, 6.07) is 3.93. The summed E-state index contributed by atoms with van der Waals surface area (Å²) in [5, 5.41) is 11.4. The van der Waals surface area contributed by atoms with Crippen molar-refractivity contribution < 1.29 is 37.3 Å². The molecule has 1 N–H and O–H groups in total. The van der Waals surface area contributed by atoms with Crippen LogP contribution in [0, 0.1) is 12.3 Å². The first-order chi connectivity index (χ1) is 16.5. The van der Waals surface area contributed by atoms with Gasteiger partial charge in [-0.3, -0.25) is 14.5 Å². The molecule has 0 aliphatic carbocycles. The van der Waals surface area contributed by atoms with Crippen molar-refractivity contribution in [2.75, 3.05) is 26.3 Å². The van der Waals surface area contributed by atoms with Crippen LogP contribution in [-0.2, 0) is 27.9 Å². The Morgan fingerprint density at radius 3 is 2.60 bits per heavy atom. The lowest BCUT2D eigenvalue weighted by Crippen LogP contribution is -2.58. The fourth-order valence-corrected chi connectivity index (χ4v) is 4.51. The second-order valence-corrected chi connectivity index (χ2v) is 8.79. The number of likely N-dealkylation sites (tertiary alicyclic amines) is 1. The van der Waals surface area contributed by atoms with Gasteiger partial charge in [-0.15, -0.1) is 0 Å². The second-order valence-electron chi connectivity index (χ2n) is 8.79. The van der Waals surface area contributed by atoms with Crippen molar-refractivity contribution in [3.05, 3.63) is 47.5 Å². The summed E-state index contributed by atoms with van der Waals surface area (Å²) >= 11 is 0. The van der Waals surface area contributed by atoms with E-state index >= 15 is 0 Å². The predicted octanol–water partition coefficient (Wildman–Crippen LogP) is 2.98. The zero-order valence-corrected chi connectivity index (χ0v) is 19.6. The number of rotatable bonds is 5. The van der Waals surface area contributed by atoms with Gasteiger partial charge >= 0.3 is 12.1 Å². The quantitative estimate of drug-likeness (QED) is 0.676. The number of piperidine rings is 1. The number of amides is 1. The number of fused-ring (bicyclic) bond motifs is 1. The lowest BCUT2D eigenvalue weighted by atomic mass is 9.73. The number of carbonyl (C=O) groups is 2. The Balaban J connectivity index is 0.000000429. The third-order valence-electron chi connectivity index (χ3n) is 6.17. The van der Waals surface area contributed by atoms with E-state index in [9.17, 15) is 18.0 Å². The molecule has 0 spiro atoms. The summed E-state index contributed by atoms with van der Waals surface area (Å²) in [6.45, 7) is 5.21. The van der Waals surface area contributed by atoms with Gasteiger partial charge in [-0.1, -0.05) is 0 Å². The molecule has 1 amide bonds. The van der Waals surface area contributed by atoms with Crippen LogP contribution in [0.1, 0.15) is 40.9 Å². The molecule has 2 aliphatic heterocycles. The maximum absolute atomic E-state index is 13.1. The van der Waals surface area contributed by atoms with E-state index in [0.29, 0.717) is 31.9 Å². The highest BCUT2D eigenvalue weighted by Crippen LogP contribution is 2.41. The third kappa shape index (κ3) is 6.79. The van der Waals surface area contributed by atoms with Crippen molar-refractivity contribution in [1.82, 2.24) is 19.7 Å². The molecule has 2 fully saturated rings. The van der Waals surface area contributed by atoms with Gasteiger partial charge in [0.25, 0.3) is 5.91 Å². The van der Waals surface area contributed by atoms with Gasteiger partial charge in [0.2, 0.25) is 0 Å². The van der Waals surface area contributed by atoms with E-state index in [1.807, 2.05) is 37.2 Å². The molecular formula is C23H29F3N4O5. The van der Waals surface area contributed by atoms with E-state index in [1.165, 1.54) is 0 Å². The Morgan fingerprint density at radius 2 is 2.00 bits per heavy atom. The van der Waals surface area contributed by atoms with Crippen LogP contribution in [0.25, 0.3) is 0 Å². The predicted molar refractivity (Wildman–Crippen MR) is 117 cm³/mol. The molecule has 0 radical (unpaired) electrons. The van der Waals surface area contributed by atoms with E-state index in [0.717, 1.165) is 37.1 Å². The van der Waals surface area contributed by atoms with Gasteiger partial charge < -0.3 is 19.5 Å². The number of ether oxygens (including phenoxy) is 2. The third-order valence-corrected chi connectivity index (χ3v) is 6.17. The number of carboxylic acids is 1. The Labute approximate surface area is 200 Å². The van der Waals surface area contributed by atoms with Crippen molar-refractivity contribution in [3.8, 4) is 0 Å². The van der Waals surface area contributed by atoms with Crippen molar-refractivity contribution >= 4 is 11.9 Å².